The van der Waals surface area contributed by atoms with Crippen molar-refractivity contribution in [1.82, 2.24) is 10.3 Å². The number of aromatic carboxylic acids is 1. The molecular formula is C19H26N2O6. The first-order chi connectivity index (χ1) is 13.0. The molecule has 148 valence electrons. The number of methoxy groups -OCH3 is 3. The van der Waals surface area contributed by atoms with Gasteiger partial charge in [0.05, 0.1) is 27.9 Å². The van der Waals surface area contributed by atoms with Gasteiger partial charge in [0.1, 0.15) is 5.69 Å². The Hall–Kier alpha value is -2.71. The minimum atomic E-state index is -1.14. The van der Waals surface area contributed by atoms with Crippen molar-refractivity contribution >= 4 is 5.97 Å². The zero-order valence-electron chi connectivity index (χ0n) is 16.0. The van der Waals surface area contributed by atoms with Gasteiger partial charge in [-0.3, -0.25) is 0 Å². The van der Waals surface area contributed by atoms with Gasteiger partial charge in [-0.1, -0.05) is 6.92 Å². The van der Waals surface area contributed by atoms with Gasteiger partial charge in [0.15, 0.2) is 11.5 Å². The number of ether oxygens (including phenoxy) is 3. The summed E-state index contributed by atoms with van der Waals surface area (Å²) in [5, 5.41) is 22.7. The lowest BCUT2D eigenvalue weighted by Gasteiger charge is -2.17. The monoisotopic (exact) mass is 378 g/mol. The zero-order valence-corrected chi connectivity index (χ0v) is 16.0. The van der Waals surface area contributed by atoms with E-state index in [1.165, 1.54) is 21.3 Å². The van der Waals surface area contributed by atoms with Crippen LogP contribution >= 0.6 is 0 Å². The summed E-state index contributed by atoms with van der Waals surface area (Å²) >= 11 is 0. The third-order valence-corrected chi connectivity index (χ3v) is 4.26. The molecule has 1 aromatic heterocycles. The minimum absolute atomic E-state index is 0.0439. The molecule has 0 radical (unpaired) electrons. The van der Waals surface area contributed by atoms with Gasteiger partial charge in [0, 0.05) is 28.9 Å². The van der Waals surface area contributed by atoms with Gasteiger partial charge in [-0.15, -0.1) is 0 Å². The second kappa shape index (κ2) is 9.29. The van der Waals surface area contributed by atoms with Crippen LogP contribution in [0.4, 0.5) is 0 Å². The minimum Gasteiger partial charge on any atom is -0.493 e. The molecule has 2 rings (SSSR count). The lowest BCUT2D eigenvalue weighted by atomic mass is 9.98. The Balaban J connectivity index is 2.74. The first kappa shape index (κ1) is 20.6. The SMILES string of the molecule is CCCNCc1[nH]c(C(=O)O)c(CO)c1-c1ccc(OC)c(OC)c1OC. The largest absolute Gasteiger partial charge is 0.493 e. The maximum atomic E-state index is 11.6. The summed E-state index contributed by atoms with van der Waals surface area (Å²) in [6.07, 6.45) is 0.939. The van der Waals surface area contributed by atoms with Gasteiger partial charge in [-0.05, 0) is 25.1 Å². The van der Waals surface area contributed by atoms with Crippen LogP contribution in [-0.4, -0.2) is 49.0 Å². The molecule has 0 saturated heterocycles. The average Bonchev–Trinajstić information content (AvgIpc) is 3.05. The highest BCUT2D eigenvalue weighted by molar-refractivity contribution is 5.93. The quantitative estimate of drug-likeness (QED) is 0.470. The van der Waals surface area contributed by atoms with Crippen LogP contribution in [0.15, 0.2) is 12.1 Å². The van der Waals surface area contributed by atoms with E-state index < -0.39 is 12.6 Å². The highest BCUT2D eigenvalue weighted by Crippen LogP contribution is 2.46. The molecule has 1 heterocycles. The number of carbonyl (C=O) groups is 1. The van der Waals surface area contributed by atoms with E-state index in [1.54, 1.807) is 12.1 Å². The number of benzene rings is 1. The Bertz CT molecular complexity index is 800. The number of aromatic nitrogens is 1. The van der Waals surface area contributed by atoms with E-state index in [1.807, 2.05) is 6.92 Å². The van der Waals surface area contributed by atoms with Crippen molar-refractivity contribution < 1.29 is 29.2 Å². The number of aliphatic hydroxyl groups excluding tert-OH is 1. The number of hydrogen-bond acceptors (Lipinski definition) is 6. The summed E-state index contributed by atoms with van der Waals surface area (Å²) in [4.78, 5) is 14.6. The maximum absolute atomic E-state index is 11.6. The first-order valence-electron chi connectivity index (χ1n) is 8.61. The van der Waals surface area contributed by atoms with Crippen molar-refractivity contribution in [3.63, 3.8) is 0 Å². The molecule has 1 aromatic carbocycles. The number of hydrogen-bond donors (Lipinski definition) is 4. The van der Waals surface area contributed by atoms with Crippen LogP contribution in [0.3, 0.4) is 0 Å². The number of rotatable bonds is 10. The van der Waals surface area contributed by atoms with Crippen molar-refractivity contribution in [2.45, 2.75) is 26.5 Å². The average molecular weight is 378 g/mol. The summed E-state index contributed by atoms with van der Waals surface area (Å²) < 4.78 is 16.3. The molecule has 0 spiro atoms. The number of carboxylic acid groups (broad SMARTS) is 1. The summed E-state index contributed by atoms with van der Waals surface area (Å²) in [5.74, 6) is 0.149. The molecule has 0 bridgehead atoms. The van der Waals surface area contributed by atoms with Crippen LogP contribution < -0.4 is 19.5 Å². The van der Waals surface area contributed by atoms with E-state index in [-0.39, 0.29) is 5.69 Å². The number of H-pyrrole nitrogens is 1. The molecule has 0 atom stereocenters. The molecule has 0 aliphatic carbocycles. The van der Waals surface area contributed by atoms with Crippen LogP contribution in [0.25, 0.3) is 11.1 Å². The van der Waals surface area contributed by atoms with Gasteiger partial charge < -0.3 is 34.7 Å². The number of aliphatic hydroxyl groups is 1. The van der Waals surface area contributed by atoms with E-state index in [0.29, 0.717) is 46.2 Å². The molecule has 8 nitrogen and oxygen atoms in total. The van der Waals surface area contributed by atoms with Crippen LogP contribution in [0, 0.1) is 0 Å². The molecule has 0 aliphatic heterocycles. The Labute approximate surface area is 158 Å². The van der Waals surface area contributed by atoms with E-state index in [2.05, 4.69) is 10.3 Å². The maximum Gasteiger partial charge on any atom is 0.352 e. The van der Waals surface area contributed by atoms with E-state index in [4.69, 9.17) is 14.2 Å². The smallest absolute Gasteiger partial charge is 0.352 e. The number of carboxylic acids is 1. The van der Waals surface area contributed by atoms with Crippen molar-refractivity contribution in [2.24, 2.45) is 0 Å². The second-order valence-electron chi connectivity index (χ2n) is 5.85. The summed E-state index contributed by atoms with van der Waals surface area (Å²) in [6, 6.07) is 3.48. The van der Waals surface area contributed by atoms with Crippen molar-refractivity contribution in [3.05, 3.63) is 29.1 Å². The lowest BCUT2D eigenvalue weighted by Crippen LogP contribution is -2.15. The van der Waals surface area contributed by atoms with Gasteiger partial charge in [-0.25, -0.2) is 4.79 Å². The van der Waals surface area contributed by atoms with Crippen molar-refractivity contribution in [1.29, 1.82) is 0 Å². The standard InChI is InChI=1S/C19H26N2O6/c1-5-8-20-9-13-15(12(10-22)16(21-13)19(23)24)11-6-7-14(25-2)18(27-4)17(11)26-3/h6-7,20-22H,5,8-10H2,1-4H3,(H,23,24). The Morgan fingerprint density at radius 3 is 2.37 bits per heavy atom. The fourth-order valence-corrected chi connectivity index (χ4v) is 3.08. The van der Waals surface area contributed by atoms with Crippen LogP contribution in [0.5, 0.6) is 17.2 Å². The fourth-order valence-electron chi connectivity index (χ4n) is 3.08. The molecule has 4 N–H and O–H groups in total. The molecule has 8 heteroatoms. The predicted molar refractivity (Wildman–Crippen MR) is 101 cm³/mol. The van der Waals surface area contributed by atoms with Crippen molar-refractivity contribution in [2.75, 3.05) is 27.9 Å². The Morgan fingerprint density at radius 2 is 1.85 bits per heavy atom. The first-order valence-corrected chi connectivity index (χ1v) is 8.61. The van der Waals surface area contributed by atoms with Gasteiger partial charge in [0.25, 0.3) is 0 Å². The molecular weight excluding hydrogens is 352 g/mol. The van der Waals surface area contributed by atoms with Crippen LogP contribution in [-0.2, 0) is 13.2 Å². The lowest BCUT2D eigenvalue weighted by molar-refractivity contribution is 0.0687. The fraction of sp³-hybridized carbons (Fsp3) is 0.421. The second-order valence-corrected chi connectivity index (χ2v) is 5.85. The Morgan fingerprint density at radius 1 is 1.15 bits per heavy atom. The third-order valence-electron chi connectivity index (χ3n) is 4.26. The molecule has 0 amide bonds. The summed E-state index contributed by atoms with van der Waals surface area (Å²) in [7, 11) is 4.52. The zero-order chi connectivity index (χ0) is 20.0. The Kier molecular flexibility index (Phi) is 7.09. The van der Waals surface area contributed by atoms with Gasteiger partial charge >= 0.3 is 5.97 Å². The third kappa shape index (κ3) is 4.01. The van der Waals surface area contributed by atoms with Crippen LogP contribution in [0.2, 0.25) is 0 Å². The normalized spacial score (nSPS) is 10.7. The molecule has 0 aliphatic rings. The summed E-state index contributed by atoms with van der Waals surface area (Å²) in [5.41, 5.74) is 2.09. The van der Waals surface area contributed by atoms with E-state index >= 15 is 0 Å². The van der Waals surface area contributed by atoms with E-state index in [9.17, 15) is 15.0 Å². The molecule has 27 heavy (non-hydrogen) atoms. The number of aromatic amines is 1. The van der Waals surface area contributed by atoms with Gasteiger partial charge in [0.2, 0.25) is 5.75 Å². The molecule has 2 aromatic rings. The molecule has 0 unspecified atom stereocenters. The van der Waals surface area contributed by atoms with Crippen LogP contribution in [0.1, 0.15) is 35.1 Å². The topological polar surface area (TPSA) is 113 Å². The van der Waals surface area contributed by atoms with E-state index in [0.717, 1.165) is 13.0 Å². The van der Waals surface area contributed by atoms with Gasteiger partial charge in [-0.2, -0.15) is 0 Å². The number of nitrogens with one attached hydrogen (secondary N) is 2. The molecule has 0 saturated carbocycles. The highest BCUT2D eigenvalue weighted by atomic mass is 16.5. The van der Waals surface area contributed by atoms with Crippen molar-refractivity contribution in [3.8, 4) is 28.4 Å². The molecule has 0 fully saturated rings. The predicted octanol–water partition coefficient (Wildman–Crippen LogP) is 2.40. The highest BCUT2D eigenvalue weighted by Gasteiger charge is 2.26. The summed E-state index contributed by atoms with van der Waals surface area (Å²) in [6.45, 7) is 2.81.